The molecule has 0 radical (unpaired) electrons. The van der Waals surface area contributed by atoms with E-state index in [0.29, 0.717) is 10.8 Å². The van der Waals surface area contributed by atoms with E-state index in [4.69, 9.17) is 13.8 Å². The fourth-order valence-electron chi connectivity index (χ4n) is 3.51. The highest BCUT2D eigenvalue weighted by Crippen LogP contribution is 2.79. The summed E-state index contributed by atoms with van der Waals surface area (Å²) in [6.45, 7) is 3.37. The molecular formula is C22H23NO9P2. The molecule has 3 N–H and O–H groups in total. The summed E-state index contributed by atoms with van der Waals surface area (Å²) in [5.41, 5.74) is 0.382. The van der Waals surface area contributed by atoms with Crippen molar-refractivity contribution in [3.8, 4) is 5.75 Å². The zero-order valence-electron chi connectivity index (χ0n) is 18.3. The van der Waals surface area contributed by atoms with Gasteiger partial charge in [0, 0.05) is 29.8 Å². The lowest BCUT2D eigenvalue weighted by Crippen LogP contribution is -2.37. The van der Waals surface area contributed by atoms with E-state index in [1.54, 1.807) is 38.1 Å². The Balaban J connectivity index is 1.73. The van der Waals surface area contributed by atoms with Crippen LogP contribution in [0.15, 0.2) is 60.9 Å². The smallest absolute Gasteiger partial charge is 0.374 e. The number of nitrogens with zero attached hydrogens (tertiary/aromatic N) is 1. The maximum atomic E-state index is 13.1. The van der Waals surface area contributed by atoms with Crippen LogP contribution in [0.1, 0.15) is 31.3 Å². The molecule has 34 heavy (non-hydrogen) atoms. The van der Waals surface area contributed by atoms with Crippen molar-refractivity contribution in [2.75, 3.05) is 0 Å². The fourth-order valence-corrected chi connectivity index (χ4v) is 7.08. The van der Waals surface area contributed by atoms with Gasteiger partial charge in [-0.25, -0.2) is 0 Å². The molecule has 0 spiro atoms. The largest absolute Gasteiger partial charge is 0.426 e. The maximum Gasteiger partial charge on any atom is 0.374 e. The third-order valence-corrected chi connectivity index (χ3v) is 10.00. The number of hydrogen-bond acceptors (Lipinski definition) is 8. The number of carbonyl (C=O) groups excluding carboxylic acids is 1. The first kappa shape index (κ1) is 24.7. The summed E-state index contributed by atoms with van der Waals surface area (Å²) in [6, 6.07) is 12.5. The number of esters is 1. The van der Waals surface area contributed by atoms with Crippen LogP contribution in [-0.4, -0.2) is 30.9 Å². The summed E-state index contributed by atoms with van der Waals surface area (Å²) in [4.78, 5) is 37.2. The highest BCUT2D eigenvalue weighted by atomic mass is 31.2. The van der Waals surface area contributed by atoms with Crippen LogP contribution in [0.5, 0.6) is 5.75 Å². The summed E-state index contributed by atoms with van der Waals surface area (Å²) >= 11 is 0. The van der Waals surface area contributed by atoms with E-state index in [1.165, 1.54) is 36.7 Å². The molecule has 180 valence electrons. The highest BCUT2D eigenvalue weighted by Gasteiger charge is 2.67. The van der Waals surface area contributed by atoms with E-state index < -0.39 is 39.0 Å². The van der Waals surface area contributed by atoms with Crippen molar-refractivity contribution in [3.05, 3.63) is 72.1 Å². The summed E-state index contributed by atoms with van der Waals surface area (Å²) < 4.78 is 42.1. The van der Waals surface area contributed by atoms with Crippen LogP contribution in [0.2, 0.25) is 0 Å². The standard InChI is InChI=1S/C22H23NO9P2/c1-14(2)20(24)30-19-10-9-18(16-7-3-4-8-17(16)19)21-31-33(26,27)22(25,34(28,29)32-21)12-15-6-5-11-23-13-15/h3-11,13-14,21,25H,12H2,1-2H3,(H,26,27)(H,28,29). The van der Waals surface area contributed by atoms with Crippen LogP contribution < -0.4 is 4.74 Å². The lowest BCUT2D eigenvalue weighted by atomic mass is 10.0. The maximum absolute atomic E-state index is 13.1. The molecular weight excluding hydrogens is 484 g/mol. The zero-order chi connectivity index (χ0) is 24.7. The number of aromatic nitrogens is 1. The van der Waals surface area contributed by atoms with Gasteiger partial charge in [-0.15, -0.1) is 0 Å². The third kappa shape index (κ3) is 4.34. The Labute approximate surface area is 195 Å². The Bertz CT molecular complexity index is 1300. The van der Waals surface area contributed by atoms with Crippen LogP contribution in [0.4, 0.5) is 0 Å². The molecule has 1 aliphatic rings. The quantitative estimate of drug-likeness (QED) is 0.261. The average molecular weight is 507 g/mol. The molecule has 2 heterocycles. The van der Waals surface area contributed by atoms with Crippen molar-refractivity contribution in [2.24, 2.45) is 5.92 Å². The molecule has 0 bridgehead atoms. The minimum absolute atomic E-state index is 0.145. The Morgan fingerprint density at radius 3 is 2.29 bits per heavy atom. The topological polar surface area (TPSA) is 152 Å². The molecule has 1 fully saturated rings. The highest BCUT2D eigenvalue weighted by molar-refractivity contribution is 7.73. The van der Waals surface area contributed by atoms with Crippen molar-refractivity contribution in [3.63, 3.8) is 0 Å². The molecule has 0 amide bonds. The van der Waals surface area contributed by atoms with Crippen molar-refractivity contribution in [1.29, 1.82) is 0 Å². The van der Waals surface area contributed by atoms with Crippen LogP contribution >= 0.6 is 15.2 Å². The predicted octanol–water partition coefficient (Wildman–Crippen LogP) is 4.10. The van der Waals surface area contributed by atoms with Crippen molar-refractivity contribution >= 4 is 31.9 Å². The molecule has 1 aliphatic heterocycles. The summed E-state index contributed by atoms with van der Waals surface area (Å²) in [5, 5.41) is 8.66. The molecule has 10 nitrogen and oxygen atoms in total. The number of rotatable bonds is 5. The van der Waals surface area contributed by atoms with Crippen molar-refractivity contribution in [2.45, 2.75) is 31.6 Å². The Hall–Kier alpha value is -2.42. The van der Waals surface area contributed by atoms with Gasteiger partial charge in [0.1, 0.15) is 5.75 Å². The Morgan fingerprint density at radius 2 is 1.71 bits per heavy atom. The lowest BCUT2D eigenvalue weighted by molar-refractivity contribution is -0.137. The third-order valence-electron chi connectivity index (χ3n) is 5.40. The number of fused-ring (bicyclic) bond motifs is 1. The van der Waals surface area contributed by atoms with Crippen molar-refractivity contribution < 1.29 is 42.6 Å². The van der Waals surface area contributed by atoms with Gasteiger partial charge >= 0.3 is 21.2 Å². The van der Waals surface area contributed by atoms with E-state index in [9.17, 15) is 28.8 Å². The molecule has 12 heteroatoms. The Kier molecular flexibility index (Phi) is 6.52. The van der Waals surface area contributed by atoms with Crippen LogP contribution in [0.25, 0.3) is 10.8 Å². The first-order valence-corrected chi connectivity index (χ1v) is 13.5. The van der Waals surface area contributed by atoms with Gasteiger partial charge in [-0.05, 0) is 29.1 Å². The van der Waals surface area contributed by atoms with Gasteiger partial charge in [0.15, 0.2) is 0 Å². The average Bonchev–Trinajstić information content (AvgIpc) is 2.78. The number of carbonyl (C=O) groups is 1. The first-order chi connectivity index (χ1) is 16.0. The number of aliphatic hydroxyl groups is 1. The van der Waals surface area contributed by atoms with E-state index in [0.717, 1.165) is 0 Å². The molecule has 2 atom stereocenters. The van der Waals surface area contributed by atoms with E-state index in [1.807, 2.05) is 0 Å². The SMILES string of the molecule is CC(C)C(=O)Oc1ccc(C2OP(=O)(O)C(O)(Cc3cccnc3)P(=O)(O)O2)c2ccccc12. The number of ether oxygens (including phenoxy) is 1. The monoisotopic (exact) mass is 507 g/mol. The van der Waals surface area contributed by atoms with Gasteiger partial charge in [0.05, 0.1) is 5.92 Å². The van der Waals surface area contributed by atoms with Gasteiger partial charge in [-0.1, -0.05) is 44.2 Å². The summed E-state index contributed by atoms with van der Waals surface area (Å²) in [7, 11) is -10.3. The minimum Gasteiger partial charge on any atom is -0.426 e. The molecule has 2 aromatic carbocycles. The predicted molar refractivity (Wildman–Crippen MR) is 122 cm³/mol. The minimum atomic E-state index is -5.14. The van der Waals surface area contributed by atoms with Gasteiger partial charge in [0.2, 0.25) is 6.29 Å². The number of benzene rings is 2. The van der Waals surface area contributed by atoms with Gasteiger partial charge in [0.25, 0.3) is 5.08 Å². The normalized spacial score (nSPS) is 29.3. The zero-order valence-corrected chi connectivity index (χ0v) is 20.1. The Morgan fingerprint density at radius 1 is 1.06 bits per heavy atom. The van der Waals surface area contributed by atoms with Crippen LogP contribution in [0, 0.1) is 5.92 Å². The van der Waals surface area contributed by atoms with E-state index >= 15 is 0 Å². The number of pyridine rings is 1. The lowest BCUT2D eigenvalue weighted by Gasteiger charge is -2.41. The molecule has 0 saturated carbocycles. The molecule has 4 rings (SSSR count). The fraction of sp³-hybridized carbons (Fsp3) is 0.273. The molecule has 0 aliphatic carbocycles. The van der Waals surface area contributed by atoms with E-state index in [2.05, 4.69) is 4.98 Å². The summed E-state index contributed by atoms with van der Waals surface area (Å²) in [5.74, 6) is -0.592. The molecule has 3 aromatic rings. The van der Waals surface area contributed by atoms with Gasteiger partial charge < -0.3 is 19.6 Å². The van der Waals surface area contributed by atoms with Crippen LogP contribution in [-0.2, 0) is 29.4 Å². The van der Waals surface area contributed by atoms with Gasteiger partial charge in [-0.2, -0.15) is 0 Å². The molecule has 1 aromatic heterocycles. The van der Waals surface area contributed by atoms with E-state index in [-0.39, 0.29) is 22.8 Å². The summed E-state index contributed by atoms with van der Waals surface area (Å²) in [6.07, 6.45) is 0.289. The van der Waals surface area contributed by atoms with Crippen molar-refractivity contribution in [1.82, 2.24) is 4.98 Å². The second-order valence-electron chi connectivity index (χ2n) is 8.17. The molecule has 1 saturated heterocycles. The second kappa shape index (κ2) is 8.98. The number of hydrogen-bond donors (Lipinski definition) is 3. The second-order valence-corrected chi connectivity index (χ2v) is 12.5. The van der Waals surface area contributed by atoms with Gasteiger partial charge in [-0.3, -0.25) is 28.0 Å². The van der Waals surface area contributed by atoms with Crippen LogP contribution in [0.3, 0.4) is 0 Å². The first-order valence-electron chi connectivity index (χ1n) is 10.3. The molecule has 2 unspecified atom stereocenters.